The SMILES string of the molecule is CC(C)C1CCCCC1n1ccc2c1CCCC2N. The Kier molecular flexibility index (Phi) is 3.70. The van der Waals surface area contributed by atoms with Crippen molar-refractivity contribution in [1.82, 2.24) is 4.57 Å². The quantitative estimate of drug-likeness (QED) is 0.848. The van der Waals surface area contributed by atoms with Crippen LogP contribution in [-0.4, -0.2) is 4.57 Å². The van der Waals surface area contributed by atoms with Crippen LogP contribution in [0.15, 0.2) is 12.3 Å². The maximum atomic E-state index is 6.27. The van der Waals surface area contributed by atoms with Crippen molar-refractivity contribution < 1.29 is 0 Å². The maximum Gasteiger partial charge on any atom is 0.0364 e. The highest BCUT2D eigenvalue weighted by molar-refractivity contribution is 5.29. The Bertz CT molecular complexity index is 432. The van der Waals surface area contributed by atoms with Gasteiger partial charge in [-0.25, -0.2) is 0 Å². The van der Waals surface area contributed by atoms with Crippen molar-refractivity contribution in [2.75, 3.05) is 0 Å². The number of nitrogens with zero attached hydrogens (tertiary/aromatic N) is 1. The van der Waals surface area contributed by atoms with Crippen LogP contribution in [0.2, 0.25) is 0 Å². The van der Waals surface area contributed by atoms with Crippen LogP contribution in [0.1, 0.15) is 75.7 Å². The molecule has 0 amide bonds. The second-order valence-corrected chi connectivity index (χ2v) is 6.88. The molecule has 1 aromatic heterocycles. The molecule has 2 aliphatic carbocycles. The second kappa shape index (κ2) is 5.32. The average molecular weight is 260 g/mol. The van der Waals surface area contributed by atoms with Gasteiger partial charge in [0.15, 0.2) is 0 Å². The van der Waals surface area contributed by atoms with Crippen LogP contribution in [0.25, 0.3) is 0 Å². The lowest BCUT2D eigenvalue weighted by Gasteiger charge is -2.37. The minimum Gasteiger partial charge on any atom is -0.348 e. The van der Waals surface area contributed by atoms with Gasteiger partial charge >= 0.3 is 0 Å². The Morgan fingerprint density at radius 1 is 1.16 bits per heavy atom. The molecule has 2 nitrogen and oxygen atoms in total. The summed E-state index contributed by atoms with van der Waals surface area (Å²) in [5, 5.41) is 0. The highest BCUT2D eigenvalue weighted by Crippen LogP contribution is 2.41. The fraction of sp³-hybridized carbons (Fsp3) is 0.765. The lowest BCUT2D eigenvalue weighted by Crippen LogP contribution is -2.29. The molecule has 0 radical (unpaired) electrons. The van der Waals surface area contributed by atoms with Crippen LogP contribution in [0.5, 0.6) is 0 Å². The van der Waals surface area contributed by atoms with Crippen molar-refractivity contribution >= 4 is 0 Å². The van der Waals surface area contributed by atoms with Crippen LogP contribution >= 0.6 is 0 Å². The van der Waals surface area contributed by atoms with Gasteiger partial charge < -0.3 is 10.3 Å². The average Bonchev–Trinajstić information content (AvgIpc) is 2.84. The Balaban J connectivity index is 1.92. The topological polar surface area (TPSA) is 30.9 Å². The Hall–Kier alpha value is -0.760. The summed E-state index contributed by atoms with van der Waals surface area (Å²) in [6.45, 7) is 4.79. The van der Waals surface area contributed by atoms with Crippen LogP contribution in [-0.2, 0) is 6.42 Å². The van der Waals surface area contributed by atoms with Crippen LogP contribution in [0.4, 0.5) is 0 Å². The van der Waals surface area contributed by atoms with E-state index in [1.54, 1.807) is 5.69 Å². The highest BCUT2D eigenvalue weighted by atomic mass is 15.0. The smallest absolute Gasteiger partial charge is 0.0364 e. The molecule has 2 heteroatoms. The summed E-state index contributed by atoms with van der Waals surface area (Å²) in [6.07, 6.45) is 11.6. The van der Waals surface area contributed by atoms with Gasteiger partial charge in [0.1, 0.15) is 0 Å². The van der Waals surface area contributed by atoms with E-state index < -0.39 is 0 Å². The van der Waals surface area contributed by atoms with Crippen molar-refractivity contribution in [1.29, 1.82) is 0 Å². The molecule has 1 fully saturated rings. The summed E-state index contributed by atoms with van der Waals surface area (Å²) in [5.74, 6) is 1.64. The van der Waals surface area contributed by atoms with Gasteiger partial charge in [-0.15, -0.1) is 0 Å². The van der Waals surface area contributed by atoms with E-state index >= 15 is 0 Å². The van der Waals surface area contributed by atoms with E-state index in [0.717, 1.165) is 24.3 Å². The summed E-state index contributed by atoms with van der Waals surface area (Å²) < 4.78 is 2.61. The number of rotatable bonds is 2. The molecule has 2 N–H and O–H groups in total. The molecule has 0 saturated heterocycles. The fourth-order valence-corrected chi connectivity index (χ4v) is 4.33. The molecule has 1 saturated carbocycles. The number of hydrogen-bond acceptors (Lipinski definition) is 1. The lowest BCUT2D eigenvalue weighted by molar-refractivity contribution is 0.181. The maximum absolute atomic E-state index is 6.27. The highest BCUT2D eigenvalue weighted by Gasteiger charge is 2.31. The number of nitrogens with two attached hydrogens (primary N) is 1. The van der Waals surface area contributed by atoms with Crippen molar-refractivity contribution in [3.05, 3.63) is 23.5 Å². The first-order valence-corrected chi connectivity index (χ1v) is 8.13. The molecule has 19 heavy (non-hydrogen) atoms. The normalized spacial score (nSPS) is 31.5. The Morgan fingerprint density at radius 2 is 1.95 bits per heavy atom. The lowest BCUT2D eigenvalue weighted by atomic mass is 9.77. The van der Waals surface area contributed by atoms with Gasteiger partial charge in [0.05, 0.1) is 0 Å². The predicted octanol–water partition coefficient (Wildman–Crippen LogP) is 4.21. The van der Waals surface area contributed by atoms with E-state index in [1.165, 1.54) is 44.1 Å². The summed E-state index contributed by atoms with van der Waals surface area (Å²) in [4.78, 5) is 0. The van der Waals surface area contributed by atoms with E-state index in [1.807, 2.05) is 0 Å². The van der Waals surface area contributed by atoms with Gasteiger partial charge in [0.2, 0.25) is 0 Å². The van der Waals surface area contributed by atoms with Crippen molar-refractivity contribution in [3.8, 4) is 0 Å². The van der Waals surface area contributed by atoms with Crippen molar-refractivity contribution in [2.45, 2.75) is 70.9 Å². The zero-order valence-corrected chi connectivity index (χ0v) is 12.4. The van der Waals surface area contributed by atoms with E-state index in [0.29, 0.717) is 0 Å². The standard InChI is InChI=1S/C17H28N2/c1-12(2)13-6-3-4-8-16(13)19-11-10-14-15(18)7-5-9-17(14)19/h10-13,15-16H,3-9,18H2,1-2H3. The third-order valence-corrected chi connectivity index (χ3v) is 5.38. The predicted molar refractivity (Wildman–Crippen MR) is 80.1 cm³/mol. The van der Waals surface area contributed by atoms with E-state index in [-0.39, 0.29) is 6.04 Å². The van der Waals surface area contributed by atoms with Gasteiger partial charge in [-0.3, -0.25) is 0 Å². The molecule has 3 atom stereocenters. The largest absolute Gasteiger partial charge is 0.348 e. The zero-order valence-electron chi connectivity index (χ0n) is 12.4. The summed E-state index contributed by atoms with van der Waals surface area (Å²) in [7, 11) is 0. The molecule has 0 aromatic carbocycles. The van der Waals surface area contributed by atoms with Crippen LogP contribution in [0.3, 0.4) is 0 Å². The molecule has 0 spiro atoms. The van der Waals surface area contributed by atoms with Gasteiger partial charge in [-0.2, -0.15) is 0 Å². The van der Waals surface area contributed by atoms with E-state index in [4.69, 9.17) is 5.73 Å². The molecule has 1 aromatic rings. The van der Waals surface area contributed by atoms with Gasteiger partial charge in [-0.1, -0.05) is 26.7 Å². The minimum absolute atomic E-state index is 0.283. The number of fused-ring (bicyclic) bond motifs is 1. The molecule has 0 bridgehead atoms. The molecule has 1 heterocycles. The van der Waals surface area contributed by atoms with E-state index in [2.05, 4.69) is 30.7 Å². The molecule has 3 unspecified atom stereocenters. The molecule has 0 aliphatic heterocycles. The van der Waals surface area contributed by atoms with Gasteiger partial charge in [-0.05, 0) is 55.6 Å². The Labute approximate surface area is 117 Å². The first kappa shape index (κ1) is 13.2. The molecule has 3 rings (SSSR count). The monoisotopic (exact) mass is 260 g/mol. The summed E-state index contributed by atoms with van der Waals surface area (Å²) in [6, 6.07) is 3.31. The second-order valence-electron chi connectivity index (χ2n) is 6.88. The van der Waals surface area contributed by atoms with Crippen molar-refractivity contribution in [3.63, 3.8) is 0 Å². The van der Waals surface area contributed by atoms with Crippen LogP contribution < -0.4 is 5.73 Å². The summed E-state index contributed by atoms with van der Waals surface area (Å²) >= 11 is 0. The first-order valence-electron chi connectivity index (χ1n) is 8.13. The Morgan fingerprint density at radius 3 is 2.74 bits per heavy atom. The number of aromatic nitrogens is 1. The fourth-order valence-electron chi connectivity index (χ4n) is 4.33. The molecular formula is C17H28N2. The summed E-state index contributed by atoms with van der Waals surface area (Å²) in [5.41, 5.74) is 9.25. The van der Waals surface area contributed by atoms with Gasteiger partial charge in [0.25, 0.3) is 0 Å². The molecule has 2 aliphatic rings. The first-order chi connectivity index (χ1) is 9.18. The van der Waals surface area contributed by atoms with Crippen molar-refractivity contribution in [2.24, 2.45) is 17.6 Å². The van der Waals surface area contributed by atoms with Gasteiger partial charge in [0, 0.05) is 24.0 Å². The van der Waals surface area contributed by atoms with E-state index in [9.17, 15) is 0 Å². The van der Waals surface area contributed by atoms with Crippen LogP contribution in [0, 0.1) is 11.8 Å². The third kappa shape index (κ3) is 2.35. The minimum atomic E-state index is 0.283. The number of hydrogen-bond donors (Lipinski definition) is 1. The molecular weight excluding hydrogens is 232 g/mol. The third-order valence-electron chi connectivity index (χ3n) is 5.38. The zero-order chi connectivity index (χ0) is 13.4. The molecule has 106 valence electrons.